The van der Waals surface area contributed by atoms with Gasteiger partial charge in [-0.1, -0.05) is 58.4 Å². The lowest BCUT2D eigenvalue weighted by molar-refractivity contribution is -0.153. The molecule has 2 N–H and O–H groups in total. The second-order valence-corrected chi connectivity index (χ2v) is 11.3. The van der Waals surface area contributed by atoms with Crippen LogP contribution in [0.2, 0.25) is 0 Å². The summed E-state index contributed by atoms with van der Waals surface area (Å²) in [5.74, 6) is -3.72. The molecule has 1 fully saturated rings. The molecule has 11 heteroatoms. The minimum Gasteiger partial charge on any atom is -0.495 e. The summed E-state index contributed by atoms with van der Waals surface area (Å²) in [5, 5.41) is 23.2. The van der Waals surface area contributed by atoms with E-state index in [2.05, 4.69) is 20.9 Å². The van der Waals surface area contributed by atoms with Gasteiger partial charge in [-0.05, 0) is 23.3 Å². The van der Waals surface area contributed by atoms with Crippen molar-refractivity contribution in [3.63, 3.8) is 0 Å². The summed E-state index contributed by atoms with van der Waals surface area (Å²) in [6, 6.07) is 15.5. The van der Waals surface area contributed by atoms with E-state index in [1.807, 2.05) is 0 Å². The van der Waals surface area contributed by atoms with Crippen molar-refractivity contribution in [2.75, 3.05) is 13.4 Å². The molecule has 1 aliphatic carbocycles. The van der Waals surface area contributed by atoms with Crippen LogP contribution >= 0.6 is 15.9 Å². The van der Waals surface area contributed by atoms with Crippen molar-refractivity contribution in [2.24, 2.45) is 5.92 Å². The molecule has 1 aromatic heterocycles. The number of ether oxygens (including phenoxy) is 2. The zero-order valence-corrected chi connectivity index (χ0v) is 21.6. The fourth-order valence-corrected chi connectivity index (χ4v) is 6.56. The Hall–Kier alpha value is -2.99. The number of carboxylic acid groups (broad SMARTS) is 1. The summed E-state index contributed by atoms with van der Waals surface area (Å²) in [5.41, 5.74) is -3.11. The minimum atomic E-state index is -4.24. The van der Waals surface area contributed by atoms with Crippen molar-refractivity contribution in [2.45, 2.75) is 23.2 Å². The molecule has 2 heterocycles. The largest absolute Gasteiger partial charge is 0.495 e. The third-order valence-corrected chi connectivity index (χ3v) is 7.93. The number of nitrogens with zero attached hydrogens (tertiary/aromatic N) is 1. The number of pyridine rings is 1. The first-order chi connectivity index (χ1) is 17.0. The van der Waals surface area contributed by atoms with Crippen LogP contribution in [0.5, 0.6) is 11.5 Å². The summed E-state index contributed by atoms with van der Waals surface area (Å²) in [6.45, 7) is 0. The van der Waals surface area contributed by atoms with Gasteiger partial charge in [-0.25, -0.2) is 0 Å². The first kappa shape index (κ1) is 24.7. The number of rotatable bonds is 6. The van der Waals surface area contributed by atoms with E-state index >= 15 is 0 Å². The van der Waals surface area contributed by atoms with Gasteiger partial charge in [0.15, 0.2) is 11.2 Å². The molecule has 36 heavy (non-hydrogen) atoms. The number of hydrogen-bond acceptors (Lipinski definition) is 8. The average molecular weight is 576 g/mol. The van der Waals surface area contributed by atoms with Gasteiger partial charge in [0.1, 0.15) is 17.6 Å². The summed E-state index contributed by atoms with van der Waals surface area (Å²) in [4.78, 5) is 17.0. The SMILES string of the molecule is COc1cncc2c1[C@]1(O)[C@H](OS(C)(=O)=O)[C@H](C(=O)O)[C@@H](c3ccccc3)[C@]1(c1ccc(Br)cc1)O2. The third kappa shape index (κ3) is 3.45. The Morgan fingerprint density at radius 3 is 2.36 bits per heavy atom. The molecule has 9 nitrogen and oxygen atoms in total. The second-order valence-electron chi connectivity index (χ2n) is 8.80. The number of aromatic nitrogens is 1. The lowest BCUT2D eigenvalue weighted by Gasteiger charge is -2.41. The summed E-state index contributed by atoms with van der Waals surface area (Å²) in [6.07, 6.45) is 1.77. The quantitative estimate of drug-likeness (QED) is 0.425. The Balaban J connectivity index is 1.94. The van der Waals surface area contributed by atoms with Gasteiger partial charge in [-0.2, -0.15) is 8.42 Å². The average Bonchev–Trinajstić information content (AvgIpc) is 3.22. The molecule has 5 rings (SSSR count). The highest BCUT2D eigenvalue weighted by Crippen LogP contribution is 2.70. The molecule has 188 valence electrons. The standard InChI is InChI=1S/C25H22BrNO8S/c1-33-17-12-27-13-18-21(17)24(30)22(35-36(2,31)32)19(23(28)29)20(14-6-4-3-5-7-14)25(24,34-18)15-8-10-16(26)11-9-15/h3-13,19-20,22,30H,1-2H3,(H,28,29)/t19-,20-,22-,24+,25+/m1/s1. The maximum atomic E-state index is 12.9. The van der Waals surface area contributed by atoms with Gasteiger partial charge < -0.3 is 19.7 Å². The Morgan fingerprint density at radius 1 is 1.11 bits per heavy atom. The lowest BCUT2D eigenvalue weighted by atomic mass is 9.70. The van der Waals surface area contributed by atoms with Crippen LogP contribution in [0.3, 0.4) is 0 Å². The molecule has 2 aliphatic rings. The Morgan fingerprint density at radius 2 is 1.78 bits per heavy atom. The Kier molecular flexibility index (Phi) is 5.86. The predicted octanol–water partition coefficient (Wildman–Crippen LogP) is 3.17. The summed E-state index contributed by atoms with van der Waals surface area (Å²) < 4.78 is 43.1. The molecule has 0 spiro atoms. The molecule has 0 bridgehead atoms. The van der Waals surface area contributed by atoms with Crippen molar-refractivity contribution < 1.29 is 37.1 Å². The van der Waals surface area contributed by atoms with Gasteiger partial charge in [0.05, 0.1) is 37.2 Å². The Bertz CT molecular complexity index is 1430. The van der Waals surface area contributed by atoms with E-state index in [1.165, 1.54) is 19.5 Å². The number of benzene rings is 2. The zero-order valence-electron chi connectivity index (χ0n) is 19.2. The van der Waals surface area contributed by atoms with Gasteiger partial charge in [0.2, 0.25) is 0 Å². The number of hydrogen-bond donors (Lipinski definition) is 2. The number of fused-ring (bicyclic) bond motifs is 3. The first-order valence-corrected chi connectivity index (χ1v) is 13.5. The molecule has 5 atom stereocenters. The van der Waals surface area contributed by atoms with Gasteiger partial charge in [-0.3, -0.25) is 14.0 Å². The van der Waals surface area contributed by atoms with E-state index in [9.17, 15) is 23.4 Å². The molecule has 0 radical (unpaired) electrons. The molecule has 1 saturated carbocycles. The van der Waals surface area contributed by atoms with Gasteiger partial charge >= 0.3 is 5.97 Å². The van der Waals surface area contributed by atoms with Crippen LogP contribution in [0.4, 0.5) is 0 Å². The van der Waals surface area contributed by atoms with Crippen molar-refractivity contribution in [3.05, 3.63) is 88.2 Å². The maximum Gasteiger partial charge on any atom is 0.310 e. The van der Waals surface area contributed by atoms with Crippen LogP contribution in [-0.2, 0) is 30.3 Å². The van der Waals surface area contributed by atoms with Crippen molar-refractivity contribution in [3.8, 4) is 11.5 Å². The van der Waals surface area contributed by atoms with Crippen molar-refractivity contribution in [1.29, 1.82) is 0 Å². The van der Waals surface area contributed by atoms with Crippen LogP contribution in [-0.4, -0.2) is 49.1 Å². The predicted molar refractivity (Wildman–Crippen MR) is 131 cm³/mol. The number of aliphatic carboxylic acids is 1. The molecule has 1 aliphatic heterocycles. The number of methoxy groups -OCH3 is 1. The van der Waals surface area contributed by atoms with Crippen molar-refractivity contribution in [1.82, 2.24) is 4.98 Å². The molecular formula is C25H22BrNO8S. The van der Waals surface area contributed by atoms with E-state index < -0.39 is 45.2 Å². The maximum absolute atomic E-state index is 12.9. The monoisotopic (exact) mass is 575 g/mol. The van der Waals surface area contributed by atoms with Crippen LogP contribution in [0.25, 0.3) is 0 Å². The Labute approximate surface area is 215 Å². The molecule has 0 unspecified atom stereocenters. The molecule has 3 aromatic rings. The van der Waals surface area contributed by atoms with Gasteiger partial charge in [-0.15, -0.1) is 0 Å². The van der Waals surface area contributed by atoms with Crippen LogP contribution in [0, 0.1) is 5.92 Å². The summed E-state index contributed by atoms with van der Waals surface area (Å²) in [7, 11) is -2.87. The van der Waals surface area contributed by atoms with E-state index in [-0.39, 0.29) is 17.1 Å². The lowest BCUT2D eigenvalue weighted by Crippen LogP contribution is -2.53. The van der Waals surface area contributed by atoms with Crippen LogP contribution in [0.1, 0.15) is 22.6 Å². The van der Waals surface area contributed by atoms with E-state index in [0.717, 1.165) is 10.7 Å². The molecule has 0 amide bonds. The first-order valence-electron chi connectivity index (χ1n) is 10.9. The molecular weight excluding hydrogens is 554 g/mol. The summed E-state index contributed by atoms with van der Waals surface area (Å²) >= 11 is 3.40. The van der Waals surface area contributed by atoms with Crippen molar-refractivity contribution >= 4 is 32.0 Å². The second kappa shape index (κ2) is 8.55. The topological polar surface area (TPSA) is 132 Å². The zero-order chi connectivity index (χ0) is 25.9. The minimum absolute atomic E-state index is 0.0706. The van der Waals surface area contributed by atoms with Crippen LogP contribution in [0.15, 0.2) is 71.5 Å². The molecule has 2 aromatic carbocycles. The smallest absolute Gasteiger partial charge is 0.310 e. The fraction of sp³-hybridized carbons (Fsp3) is 0.280. The van der Waals surface area contributed by atoms with Gasteiger partial charge in [0.25, 0.3) is 10.1 Å². The van der Waals surface area contributed by atoms with E-state index in [1.54, 1.807) is 54.6 Å². The fourth-order valence-electron chi connectivity index (χ4n) is 5.66. The highest BCUT2D eigenvalue weighted by atomic mass is 79.9. The van der Waals surface area contributed by atoms with Gasteiger partial charge in [0, 0.05) is 10.4 Å². The normalized spacial score (nSPS) is 28.7. The third-order valence-electron chi connectivity index (χ3n) is 6.84. The van der Waals surface area contributed by atoms with Crippen LogP contribution < -0.4 is 9.47 Å². The number of aliphatic hydroxyl groups is 1. The van der Waals surface area contributed by atoms with E-state index in [4.69, 9.17) is 13.7 Å². The molecule has 0 saturated heterocycles. The number of carboxylic acids is 1. The highest BCUT2D eigenvalue weighted by molar-refractivity contribution is 9.10. The number of halogens is 1. The highest BCUT2D eigenvalue weighted by Gasteiger charge is 2.79. The number of carbonyl (C=O) groups is 1. The van der Waals surface area contributed by atoms with E-state index in [0.29, 0.717) is 11.1 Å².